The van der Waals surface area contributed by atoms with Gasteiger partial charge < -0.3 is 10.5 Å². The van der Waals surface area contributed by atoms with Crippen LogP contribution in [0.5, 0.6) is 0 Å². The lowest BCUT2D eigenvalue weighted by Crippen LogP contribution is -2.64. The highest BCUT2D eigenvalue weighted by Crippen LogP contribution is 2.23. The van der Waals surface area contributed by atoms with Gasteiger partial charge >= 0.3 is 0 Å². The molecular weight excluding hydrogens is 290 g/mol. The molecule has 1 aromatic carbocycles. The molecule has 3 unspecified atom stereocenters. The largest absolute Gasteiger partial charge is 0.377 e. The predicted molar refractivity (Wildman–Crippen MR) is 78.7 cm³/mol. The molecular formula is C14H19N3O3S. The monoisotopic (exact) mass is 309 g/mol. The summed E-state index contributed by atoms with van der Waals surface area (Å²) in [6.07, 6.45) is 0.496. The van der Waals surface area contributed by atoms with E-state index in [0.29, 0.717) is 24.2 Å². The molecule has 0 heterocycles. The highest BCUT2D eigenvalue weighted by atomic mass is 32.2. The maximum atomic E-state index is 12.2. The second-order valence-electron chi connectivity index (χ2n) is 5.11. The Labute approximate surface area is 125 Å². The van der Waals surface area contributed by atoms with Gasteiger partial charge in [-0.15, -0.1) is 0 Å². The first-order chi connectivity index (χ1) is 9.95. The minimum Gasteiger partial charge on any atom is -0.377 e. The van der Waals surface area contributed by atoms with E-state index in [2.05, 4.69) is 4.72 Å². The molecule has 3 atom stereocenters. The molecule has 0 aliphatic heterocycles. The van der Waals surface area contributed by atoms with Gasteiger partial charge in [0.1, 0.15) is 0 Å². The number of hydrogen-bond acceptors (Lipinski definition) is 5. The molecule has 2 rings (SSSR count). The molecule has 7 heteroatoms. The maximum absolute atomic E-state index is 12.2. The number of nitrogens with zero attached hydrogens (tertiary/aromatic N) is 1. The van der Waals surface area contributed by atoms with Crippen molar-refractivity contribution >= 4 is 10.0 Å². The van der Waals surface area contributed by atoms with Crippen LogP contribution in [0.4, 0.5) is 0 Å². The fourth-order valence-electron chi connectivity index (χ4n) is 2.39. The van der Waals surface area contributed by atoms with Gasteiger partial charge in [0.25, 0.3) is 0 Å². The topological polar surface area (TPSA) is 105 Å². The van der Waals surface area contributed by atoms with Crippen LogP contribution in [0.1, 0.15) is 24.5 Å². The minimum atomic E-state index is -3.52. The van der Waals surface area contributed by atoms with E-state index < -0.39 is 10.0 Å². The van der Waals surface area contributed by atoms with Crippen LogP contribution >= 0.6 is 0 Å². The van der Waals surface area contributed by atoms with Crippen LogP contribution in [-0.2, 0) is 20.5 Å². The van der Waals surface area contributed by atoms with Gasteiger partial charge in [-0.05, 0) is 31.0 Å². The quantitative estimate of drug-likeness (QED) is 0.795. The molecule has 1 saturated carbocycles. The Hall–Kier alpha value is -1.46. The second-order valence-corrected chi connectivity index (χ2v) is 6.86. The fourth-order valence-corrected chi connectivity index (χ4v) is 3.83. The van der Waals surface area contributed by atoms with Crippen molar-refractivity contribution in [2.24, 2.45) is 5.73 Å². The summed E-state index contributed by atoms with van der Waals surface area (Å²) in [6.45, 7) is 2.39. The number of nitriles is 1. The Bertz CT molecular complexity index is 637. The van der Waals surface area contributed by atoms with Gasteiger partial charge in [0, 0.05) is 12.6 Å². The Kier molecular flexibility index (Phi) is 4.96. The van der Waals surface area contributed by atoms with Crippen molar-refractivity contribution in [3.63, 3.8) is 0 Å². The highest BCUT2D eigenvalue weighted by Gasteiger charge is 2.41. The van der Waals surface area contributed by atoms with Crippen molar-refractivity contribution in [1.82, 2.24) is 4.72 Å². The van der Waals surface area contributed by atoms with E-state index in [4.69, 9.17) is 15.7 Å². The van der Waals surface area contributed by atoms with Gasteiger partial charge in [0.2, 0.25) is 10.0 Å². The first-order valence-electron chi connectivity index (χ1n) is 6.81. The molecule has 0 saturated heterocycles. The number of sulfonamides is 1. The van der Waals surface area contributed by atoms with E-state index in [9.17, 15) is 8.42 Å². The van der Waals surface area contributed by atoms with E-state index in [-0.39, 0.29) is 23.9 Å². The molecule has 3 N–H and O–H groups in total. The smallest absolute Gasteiger partial charge is 0.216 e. The SMILES string of the molecule is CCOC1CC(N)C1NS(=O)(=O)Cc1cccc(C#N)c1. The maximum Gasteiger partial charge on any atom is 0.216 e. The molecule has 6 nitrogen and oxygen atoms in total. The summed E-state index contributed by atoms with van der Waals surface area (Å²) in [4.78, 5) is 0. The Morgan fingerprint density at radius 2 is 2.29 bits per heavy atom. The van der Waals surface area contributed by atoms with Gasteiger partial charge in [-0.3, -0.25) is 0 Å². The number of hydrogen-bond donors (Lipinski definition) is 2. The van der Waals surface area contributed by atoms with Crippen molar-refractivity contribution in [3.05, 3.63) is 35.4 Å². The Morgan fingerprint density at radius 3 is 2.90 bits per heavy atom. The van der Waals surface area contributed by atoms with Gasteiger partial charge in [-0.1, -0.05) is 12.1 Å². The number of nitrogens with two attached hydrogens (primary N) is 1. The lowest BCUT2D eigenvalue weighted by atomic mass is 9.84. The third-order valence-electron chi connectivity index (χ3n) is 3.48. The first-order valence-corrected chi connectivity index (χ1v) is 8.46. The molecule has 114 valence electrons. The van der Waals surface area contributed by atoms with Crippen LogP contribution in [-0.4, -0.2) is 33.2 Å². The fraction of sp³-hybridized carbons (Fsp3) is 0.500. The van der Waals surface area contributed by atoms with Crippen molar-refractivity contribution in [1.29, 1.82) is 5.26 Å². The van der Waals surface area contributed by atoms with Crippen molar-refractivity contribution in [2.45, 2.75) is 37.3 Å². The molecule has 1 fully saturated rings. The minimum absolute atomic E-state index is 0.162. The number of rotatable bonds is 6. The van der Waals surface area contributed by atoms with Crippen LogP contribution < -0.4 is 10.5 Å². The van der Waals surface area contributed by atoms with E-state index in [1.165, 1.54) is 0 Å². The van der Waals surface area contributed by atoms with Crippen LogP contribution in [0.15, 0.2) is 24.3 Å². The van der Waals surface area contributed by atoms with Crippen LogP contribution in [0, 0.1) is 11.3 Å². The molecule has 0 aromatic heterocycles. The van der Waals surface area contributed by atoms with Crippen LogP contribution in [0.3, 0.4) is 0 Å². The molecule has 0 spiro atoms. The lowest BCUT2D eigenvalue weighted by Gasteiger charge is -2.42. The average Bonchev–Trinajstić information content (AvgIpc) is 2.45. The normalized spacial score (nSPS) is 25.1. The van der Waals surface area contributed by atoms with Crippen molar-refractivity contribution in [2.75, 3.05) is 6.61 Å². The van der Waals surface area contributed by atoms with Crippen LogP contribution in [0.2, 0.25) is 0 Å². The molecule has 21 heavy (non-hydrogen) atoms. The lowest BCUT2D eigenvalue weighted by molar-refractivity contribution is -0.0248. The summed E-state index contributed by atoms with van der Waals surface area (Å²) in [6, 6.07) is 7.95. The standard InChI is InChI=1S/C14H19N3O3S/c1-2-20-13-7-12(16)14(13)17-21(18,19)9-11-5-3-4-10(6-11)8-15/h3-6,12-14,17H,2,7,9,16H2,1H3. The first kappa shape index (κ1) is 15.9. The molecule has 1 aromatic rings. The summed E-state index contributed by atoms with van der Waals surface area (Å²) in [5.74, 6) is -0.176. The Morgan fingerprint density at radius 1 is 1.52 bits per heavy atom. The summed E-state index contributed by atoms with van der Waals surface area (Å²) in [5, 5.41) is 8.83. The molecule has 1 aliphatic rings. The second kappa shape index (κ2) is 6.54. The molecule has 0 amide bonds. The predicted octanol–water partition coefficient (Wildman–Crippen LogP) is 0.482. The molecule has 0 radical (unpaired) electrons. The van der Waals surface area contributed by atoms with E-state index in [1.54, 1.807) is 24.3 Å². The third kappa shape index (κ3) is 4.02. The third-order valence-corrected chi connectivity index (χ3v) is 4.82. The number of ether oxygens (including phenoxy) is 1. The molecule has 1 aliphatic carbocycles. The van der Waals surface area contributed by atoms with E-state index in [0.717, 1.165) is 0 Å². The van der Waals surface area contributed by atoms with Gasteiger partial charge in [-0.2, -0.15) is 5.26 Å². The van der Waals surface area contributed by atoms with Gasteiger partial charge in [0.15, 0.2) is 0 Å². The zero-order chi connectivity index (χ0) is 15.5. The number of nitrogens with one attached hydrogen (secondary N) is 1. The van der Waals surface area contributed by atoms with Crippen molar-refractivity contribution < 1.29 is 13.2 Å². The Balaban J connectivity index is 2.03. The molecule has 0 bridgehead atoms. The van der Waals surface area contributed by atoms with Gasteiger partial charge in [0.05, 0.1) is 29.5 Å². The zero-order valence-corrected chi connectivity index (χ0v) is 12.6. The average molecular weight is 309 g/mol. The summed E-state index contributed by atoms with van der Waals surface area (Å²) >= 11 is 0. The summed E-state index contributed by atoms with van der Waals surface area (Å²) in [7, 11) is -3.52. The summed E-state index contributed by atoms with van der Waals surface area (Å²) in [5.41, 5.74) is 6.85. The highest BCUT2D eigenvalue weighted by molar-refractivity contribution is 7.88. The number of benzene rings is 1. The zero-order valence-electron chi connectivity index (χ0n) is 11.8. The van der Waals surface area contributed by atoms with Crippen LogP contribution in [0.25, 0.3) is 0 Å². The van der Waals surface area contributed by atoms with Gasteiger partial charge in [-0.25, -0.2) is 13.1 Å². The van der Waals surface area contributed by atoms with Crippen molar-refractivity contribution in [3.8, 4) is 6.07 Å². The van der Waals surface area contributed by atoms with E-state index in [1.807, 2.05) is 13.0 Å². The van der Waals surface area contributed by atoms with E-state index >= 15 is 0 Å². The summed E-state index contributed by atoms with van der Waals surface area (Å²) < 4.78 is 32.4.